The highest BCUT2D eigenvalue weighted by atomic mass is 15.1. The van der Waals surface area contributed by atoms with Crippen LogP contribution in [0.4, 0.5) is 0 Å². The van der Waals surface area contributed by atoms with Gasteiger partial charge in [-0.05, 0) is 33.5 Å². The highest BCUT2D eigenvalue weighted by Gasteiger charge is 2.06. The molecule has 2 N–H and O–H groups in total. The molecule has 0 aliphatic heterocycles. The van der Waals surface area contributed by atoms with E-state index in [2.05, 4.69) is 25.6 Å². The van der Waals surface area contributed by atoms with Crippen LogP contribution in [0, 0.1) is 0 Å². The molecule has 0 aliphatic rings. The monoisotopic (exact) mass is 142 g/mol. The Morgan fingerprint density at radius 3 is 2.50 bits per heavy atom. The fourth-order valence-corrected chi connectivity index (χ4v) is 0.972. The first-order chi connectivity index (χ1) is 4.72. The minimum Gasteiger partial charge on any atom is -0.330 e. The molecule has 0 amide bonds. The molecule has 0 radical (unpaired) electrons. The van der Waals surface area contributed by atoms with E-state index >= 15 is 0 Å². The molecule has 0 spiro atoms. The van der Waals surface area contributed by atoms with E-state index in [0.29, 0.717) is 6.04 Å². The summed E-state index contributed by atoms with van der Waals surface area (Å²) in [5, 5.41) is 0. The maximum atomic E-state index is 5.44. The van der Waals surface area contributed by atoms with Crippen LogP contribution in [0.5, 0.6) is 0 Å². The molecule has 0 saturated carbocycles. The Bertz CT molecular complexity index is 89.3. The summed E-state index contributed by atoms with van der Waals surface area (Å²) in [6.07, 6.45) is 4.03. The van der Waals surface area contributed by atoms with E-state index < -0.39 is 0 Å². The fourth-order valence-electron chi connectivity index (χ4n) is 0.972. The van der Waals surface area contributed by atoms with E-state index in [1.807, 2.05) is 6.08 Å². The summed E-state index contributed by atoms with van der Waals surface area (Å²) in [5.74, 6) is 0. The topological polar surface area (TPSA) is 29.3 Å². The molecule has 1 unspecified atom stereocenters. The molecule has 0 aromatic rings. The molecule has 10 heavy (non-hydrogen) atoms. The molecule has 0 fully saturated rings. The van der Waals surface area contributed by atoms with Crippen molar-refractivity contribution in [2.75, 3.05) is 20.6 Å². The van der Waals surface area contributed by atoms with Gasteiger partial charge >= 0.3 is 0 Å². The molecule has 0 rings (SSSR count). The summed E-state index contributed by atoms with van der Waals surface area (Å²) < 4.78 is 0. The van der Waals surface area contributed by atoms with Crippen LogP contribution in [0.1, 0.15) is 12.8 Å². The van der Waals surface area contributed by atoms with E-state index in [0.717, 1.165) is 19.4 Å². The Morgan fingerprint density at radius 1 is 1.60 bits per heavy atom. The second-order valence-corrected chi connectivity index (χ2v) is 2.72. The Labute approximate surface area is 63.7 Å². The lowest BCUT2D eigenvalue weighted by Crippen LogP contribution is -2.29. The lowest BCUT2D eigenvalue weighted by molar-refractivity contribution is 0.283. The standard InChI is InChI=1S/C8H18N2/c1-4-5-8(6-7-9)10(2)3/h4,8H,1,5-7,9H2,2-3H3. The first kappa shape index (κ1) is 9.66. The van der Waals surface area contributed by atoms with Crippen molar-refractivity contribution in [3.8, 4) is 0 Å². The molecular weight excluding hydrogens is 124 g/mol. The van der Waals surface area contributed by atoms with Gasteiger partial charge in [-0.15, -0.1) is 6.58 Å². The van der Waals surface area contributed by atoms with Crippen LogP contribution in [0.2, 0.25) is 0 Å². The number of nitrogens with two attached hydrogens (primary N) is 1. The van der Waals surface area contributed by atoms with Gasteiger partial charge < -0.3 is 10.6 Å². The van der Waals surface area contributed by atoms with Gasteiger partial charge in [-0.2, -0.15) is 0 Å². The van der Waals surface area contributed by atoms with E-state index in [1.54, 1.807) is 0 Å². The quantitative estimate of drug-likeness (QED) is 0.576. The maximum Gasteiger partial charge on any atom is 0.0136 e. The van der Waals surface area contributed by atoms with Crippen molar-refractivity contribution >= 4 is 0 Å². The van der Waals surface area contributed by atoms with Crippen LogP contribution in [-0.2, 0) is 0 Å². The minimum absolute atomic E-state index is 0.572. The first-order valence-electron chi connectivity index (χ1n) is 3.69. The molecule has 0 saturated heterocycles. The van der Waals surface area contributed by atoms with E-state index in [-0.39, 0.29) is 0 Å². The van der Waals surface area contributed by atoms with E-state index in [9.17, 15) is 0 Å². The molecule has 2 nitrogen and oxygen atoms in total. The van der Waals surface area contributed by atoms with Crippen molar-refractivity contribution in [1.82, 2.24) is 4.90 Å². The molecule has 0 aliphatic carbocycles. The van der Waals surface area contributed by atoms with Gasteiger partial charge in [0.1, 0.15) is 0 Å². The van der Waals surface area contributed by atoms with Crippen LogP contribution >= 0.6 is 0 Å². The minimum atomic E-state index is 0.572. The number of hydrogen-bond donors (Lipinski definition) is 1. The molecule has 0 aromatic heterocycles. The molecule has 1 atom stereocenters. The van der Waals surface area contributed by atoms with Crippen LogP contribution < -0.4 is 5.73 Å². The summed E-state index contributed by atoms with van der Waals surface area (Å²) in [6, 6.07) is 0.572. The molecular formula is C8H18N2. The van der Waals surface area contributed by atoms with Crippen molar-refractivity contribution in [3.63, 3.8) is 0 Å². The smallest absolute Gasteiger partial charge is 0.0136 e. The van der Waals surface area contributed by atoms with Crippen LogP contribution in [0.15, 0.2) is 12.7 Å². The predicted octanol–water partition coefficient (Wildman–Crippen LogP) is 0.842. The molecule has 60 valence electrons. The summed E-state index contributed by atoms with van der Waals surface area (Å²) >= 11 is 0. The highest BCUT2D eigenvalue weighted by Crippen LogP contribution is 2.03. The number of nitrogens with zero attached hydrogens (tertiary/aromatic N) is 1. The van der Waals surface area contributed by atoms with Gasteiger partial charge in [0.25, 0.3) is 0 Å². The van der Waals surface area contributed by atoms with Crippen molar-refractivity contribution in [3.05, 3.63) is 12.7 Å². The van der Waals surface area contributed by atoms with Gasteiger partial charge in [0.2, 0.25) is 0 Å². The summed E-state index contributed by atoms with van der Waals surface area (Å²) in [5.41, 5.74) is 5.44. The normalized spacial score (nSPS) is 13.6. The van der Waals surface area contributed by atoms with Gasteiger partial charge in [0.15, 0.2) is 0 Å². The first-order valence-corrected chi connectivity index (χ1v) is 3.69. The van der Waals surface area contributed by atoms with Gasteiger partial charge in [-0.25, -0.2) is 0 Å². The van der Waals surface area contributed by atoms with Crippen molar-refractivity contribution in [2.45, 2.75) is 18.9 Å². The van der Waals surface area contributed by atoms with Crippen molar-refractivity contribution < 1.29 is 0 Å². The van der Waals surface area contributed by atoms with Crippen LogP contribution in [-0.4, -0.2) is 31.6 Å². The number of rotatable bonds is 5. The van der Waals surface area contributed by atoms with Gasteiger partial charge in [0.05, 0.1) is 0 Å². The second kappa shape index (κ2) is 5.45. The predicted molar refractivity (Wildman–Crippen MR) is 46.0 cm³/mol. The molecule has 0 aromatic carbocycles. The Morgan fingerprint density at radius 2 is 2.20 bits per heavy atom. The third-order valence-electron chi connectivity index (χ3n) is 1.67. The SMILES string of the molecule is C=CCC(CCN)N(C)C. The zero-order chi connectivity index (χ0) is 7.98. The molecule has 0 bridgehead atoms. The maximum absolute atomic E-state index is 5.44. The van der Waals surface area contributed by atoms with E-state index in [4.69, 9.17) is 5.73 Å². The second-order valence-electron chi connectivity index (χ2n) is 2.72. The zero-order valence-electron chi connectivity index (χ0n) is 7.01. The number of hydrogen-bond acceptors (Lipinski definition) is 2. The zero-order valence-corrected chi connectivity index (χ0v) is 7.01. The van der Waals surface area contributed by atoms with Gasteiger partial charge in [0, 0.05) is 6.04 Å². The third-order valence-corrected chi connectivity index (χ3v) is 1.67. The van der Waals surface area contributed by atoms with Crippen molar-refractivity contribution in [1.29, 1.82) is 0 Å². The largest absolute Gasteiger partial charge is 0.330 e. The Kier molecular flexibility index (Phi) is 5.26. The van der Waals surface area contributed by atoms with Gasteiger partial charge in [-0.1, -0.05) is 6.08 Å². The Balaban J connectivity index is 3.60. The highest BCUT2D eigenvalue weighted by molar-refractivity contribution is 4.77. The van der Waals surface area contributed by atoms with E-state index in [1.165, 1.54) is 0 Å². The van der Waals surface area contributed by atoms with Crippen LogP contribution in [0.3, 0.4) is 0 Å². The summed E-state index contributed by atoms with van der Waals surface area (Å²) in [6.45, 7) is 4.46. The fraction of sp³-hybridized carbons (Fsp3) is 0.750. The average Bonchev–Trinajstić information content (AvgIpc) is 1.87. The van der Waals surface area contributed by atoms with Crippen molar-refractivity contribution in [2.24, 2.45) is 5.73 Å². The summed E-state index contributed by atoms with van der Waals surface area (Å²) in [4.78, 5) is 2.19. The lowest BCUT2D eigenvalue weighted by atomic mass is 10.1. The molecule has 2 heteroatoms. The van der Waals surface area contributed by atoms with Gasteiger partial charge in [-0.3, -0.25) is 0 Å². The lowest BCUT2D eigenvalue weighted by Gasteiger charge is -2.21. The third kappa shape index (κ3) is 3.64. The van der Waals surface area contributed by atoms with Crippen LogP contribution in [0.25, 0.3) is 0 Å². The Hall–Kier alpha value is -0.340. The summed E-state index contributed by atoms with van der Waals surface area (Å²) in [7, 11) is 4.15. The average molecular weight is 142 g/mol. The molecule has 0 heterocycles.